The summed E-state index contributed by atoms with van der Waals surface area (Å²) in [6.45, 7) is 2.18. The fourth-order valence-electron chi connectivity index (χ4n) is 2.51. The van der Waals surface area contributed by atoms with Gasteiger partial charge in [0.25, 0.3) is 5.91 Å². The van der Waals surface area contributed by atoms with Crippen molar-refractivity contribution in [2.24, 2.45) is 0 Å². The number of halogens is 2. The summed E-state index contributed by atoms with van der Waals surface area (Å²) in [4.78, 5) is 12.3. The average molecular weight is 373 g/mol. The first kappa shape index (κ1) is 19.0. The zero-order chi connectivity index (χ0) is 16.9. The summed E-state index contributed by atoms with van der Waals surface area (Å²) in [7, 11) is 0. The van der Waals surface area contributed by atoms with Crippen LogP contribution in [0.25, 0.3) is 11.1 Å². The van der Waals surface area contributed by atoms with E-state index in [9.17, 15) is 4.79 Å². The van der Waals surface area contributed by atoms with Crippen LogP contribution in [-0.2, 0) is 11.3 Å². The van der Waals surface area contributed by atoms with Gasteiger partial charge in [0.2, 0.25) is 6.54 Å². The van der Waals surface area contributed by atoms with Crippen LogP contribution in [0.2, 0.25) is 5.02 Å². The van der Waals surface area contributed by atoms with E-state index in [1.165, 1.54) is 0 Å². The molecule has 1 N–H and O–H groups in total. The van der Waals surface area contributed by atoms with Gasteiger partial charge in [0.05, 0.1) is 0 Å². The highest BCUT2D eigenvalue weighted by Gasteiger charge is 2.12. The molecular weight excluding hydrogens is 355 g/mol. The molecular formula is C20H18Cl2N2O. The van der Waals surface area contributed by atoms with Gasteiger partial charge in [-0.05, 0) is 36.2 Å². The molecule has 1 heterocycles. The number of aromatic nitrogens is 1. The lowest BCUT2D eigenvalue weighted by Gasteiger charge is -2.07. The Morgan fingerprint density at radius 1 is 1.04 bits per heavy atom. The number of benzene rings is 2. The Bertz CT molecular complexity index is 867. The molecule has 0 aliphatic carbocycles. The van der Waals surface area contributed by atoms with Crippen molar-refractivity contribution in [3.63, 3.8) is 0 Å². The number of hydrogen-bond acceptors (Lipinski definition) is 1. The maximum absolute atomic E-state index is 12.3. The Morgan fingerprint density at radius 3 is 2.52 bits per heavy atom. The summed E-state index contributed by atoms with van der Waals surface area (Å²) in [5, 5.41) is 3.52. The van der Waals surface area contributed by atoms with Crippen LogP contribution in [0.5, 0.6) is 0 Å². The zero-order valence-corrected chi connectivity index (χ0v) is 15.3. The van der Waals surface area contributed by atoms with Crippen molar-refractivity contribution < 1.29 is 21.8 Å². The van der Waals surface area contributed by atoms with Crippen molar-refractivity contribution in [1.82, 2.24) is 0 Å². The molecule has 3 nitrogen and oxygen atoms in total. The third-order valence-electron chi connectivity index (χ3n) is 3.77. The number of carbonyl (C=O) groups is 1. The van der Waals surface area contributed by atoms with E-state index in [-0.39, 0.29) is 24.9 Å². The maximum atomic E-state index is 12.3. The van der Waals surface area contributed by atoms with Gasteiger partial charge in [0.15, 0.2) is 12.4 Å². The minimum absolute atomic E-state index is 0. The molecule has 0 bridgehead atoms. The van der Waals surface area contributed by atoms with Crippen molar-refractivity contribution >= 4 is 23.2 Å². The smallest absolute Gasteiger partial charge is 0.290 e. The van der Waals surface area contributed by atoms with E-state index in [1.54, 1.807) is 6.07 Å². The summed E-state index contributed by atoms with van der Waals surface area (Å²) >= 11 is 5.99. The molecule has 0 saturated carbocycles. The Balaban J connectivity index is 0.00000225. The number of amides is 1. The molecule has 0 saturated heterocycles. The highest BCUT2D eigenvalue weighted by atomic mass is 35.5. The van der Waals surface area contributed by atoms with Gasteiger partial charge < -0.3 is 17.7 Å². The van der Waals surface area contributed by atoms with Gasteiger partial charge in [-0.15, -0.1) is 0 Å². The van der Waals surface area contributed by atoms with Gasteiger partial charge in [0, 0.05) is 22.3 Å². The molecule has 0 radical (unpaired) electrons. The van der Waals surface area contributed by atoms with E-state index < -0.39 is 0 Å². The number of pyridine rings is 1. The van der Waals surface area contributed by atoms with E-state index >= 15 is 0 Å². The maximum Gasteiger partial charge on any atom is 0.290 e. The lowest BCUT2D eigenvalue weighted by molar-refractivity contribution is -0.683. The molecule has 0 atom stereocenters. The number of nitrogens with zero attached hydrogens (tertiary/aromatic N) is 1. The molecule has 3 rings (SSSR count). The van der Waals surface area contributed by atoms with Crippen LogP contribution in [0.3, 0.4) is 0 Å². The van der Waals surface area contributed by atoms with Gasteiger partial charge in [-0.2, -0.15) is 4.57 Å². The Labute approximate surface area is 158 Å². The highest BCUT2D eigenvalue weighted by Crippen LogP contribution is 2.20. The molecule has 25 heavy (non-hydrogen) atoms. The summed E-state index contributed by atoms with van der Waals surface area (Å²) in [6, 6.07) is 19.5. The Morgan fingerprint density at radius 2 is 1.76 bits per heavy atom. The number of hydrogen-bond donors (Lipinski definition) is 1. The standard InChI is InChI=1S/C20H17ClN2O.ClH/c1-15-9-10-18(21)12-19(15)22-20(24)14-23-11-5-8-17(13-23)16-6-3-2-4-7-16;/h2-13H,14H2,1H3;1H. The largest absolute Gasteiger partial charge is 1.00 e. The minimum Gasteiger partial charge on any atom is -1.00 e. The summed E-state index contributed by atoms with van der Waals surface area (Å²) in [6.07, 6.45) is 3.86. The van der Waals surface area contributed by atoms with E-state index in [0.717, 1.165) is 22.4 Å². The molecule has 0 aliphatic rings. The normalized spacial score (nSPS) is 10.0. The molecule has 2 aromatic carbocycles. The van der Waals surface area contributed by atoms with Gasteiger partial charge in [-0.3, -0.25) is 4.79 Å². The molecule has 0 unspecified atom stereocenters. The average Bonchev–Trinajstić information content (AvgIpc) is 2.59. The van der Waals surface area contributed by atoms with Crippen LogP contribution in [-0.4, -0.2) is 5.91 Å². The highest BCUT2D eigenvalue weighted by molar-refractivity contribution is 6.31. The molecule has 1 amide bonds. The number of anilines is 1. The third kappa shape index (κ3) is 5.05. The second-order valence-corrected chi connectivity index (χ2v) is 6.07. The molecule has 5 heteroatoms. The van der Waals surface area contributed by atoms with Crippen LogP contribution < -0.4 is 22.3 Å². The molecule has 3 aromatic rings. The Hall–Kier alpha value is -2.36. The number of rotatable bonds is 4. The van der Waals surface area contributed by atoms with Crippen molar-refractivity contribution in [1.29, 1.82) is 0 Å². The topological polar surface area (TPSA) is 33.0 Å². The SMILES string of the molecule is Cc1ccc(Cl)cc1NC(=O)C[n+]1cccc(-c2ccccc2)c1.[Cl-]. The lowest BCUT2D eigenvalue weighted by atomic mass is 10.1. The van der Waals surface area contributed by atoms with Gasteiger partial charge in [0.1, 0.15) is 0 Å². The van der Waals surface area contributed by atoms with Gasteiger partial charge in [-0.25, -0.2) is 0 Å². The fourth-order valence-corrected chi connectivity index (χ4v) is 2.68. The predicted molar refractivity (Wildman–Crippen MR) is 96.9 cm³/mol. The van der Waals surface area contributed by atoms with Crippen LogP contribution >= 0.6 is 11.6 Å². The molecule has 128 valence electrons. The monoisotopic (exact) mass is 372 g/mol. The predicted octanol–water partition coefficient (Wildman–Crippen LogP) is 1.25. The van der Waals surface area contributed by atoms with Gasteiger partial charge in [-0.1, -0.05) is 48.0 Å². The fraction of sp³-hybridized carbons (Fsp3) is 0.100. The summed E-state index contributed by atoms with van der Waals surface area (Å²) < 4.78 is 1.87. The van der Waals surface area contributed by atoms with E-state index in [1.807, 2.05) is 66.3 Å². The van der Waals surface area contributed by atoms with E-state index in [4.69, 9.17) is 11.6 Å². The first-order valence-corrected chi connectivity index (χ1v) is 8.10. The van der Waals surface area contributed by atoms with Crippen molar-refractivity contribution in [2.45, 2.75) is 13.5 Å². The van der Waals surface area contributed by atoms with Crippen molar-refractivity contribution in [3.05, 3.63) is 83.6 Å². The number of nitrogens with one attached hydrogen (secondary N) is 1. The molecule has 0 fully saturated rings. The first-order valence-electron chi connectivity index (χ1n) is 7.72. The number of carbonyl (C=O) groups excluding carboxylic acids is 1. The van der Waals surface area contributed by atoms with E-state index in [0.29, 0.717) is 5.02 Å². The second kappa shape index (κ2) is 8.65. The molecule has 1 aromatic heterocycles. The van der Waals surface area contributed by atoms with Crippen LogP contribution in [0.1, 0.15) is 5.56 Å². The van der Waals surface area contributed by atoms with Crippen molar-refractivity contribution in [3.8, 4) is 11.1 Å². The number of aryl methyl sites for hydroxylation is 1. The lowest BCUT2D eigenvalue weighted by Crippen LogP contribution is -3.00. The Kier molecular flexibility index (Phi) is 6.57. The van der Waals surface area contributed by atoms with E-state index in [2.05, 4.69) is 17.4 Å². The summed E-state index contributed by atoms with van der Waals surface area (Å²) in [5.41, 5.74) is 3.92. The van der Waals surface area contributed by atoms with Crippen LogP contribution in [0, 0.1) is 6.92 Å². The summed E-state index contributed by atoms with van der Waals surface area (Å²) in [5.74, 6) is -0.0874. The molecule has 0 spiro atoms. The van der Waals surface area contributed by atoms with Crippen LogP contribution in [0.15, 0.2) is 73.1 Å². The van der Waals surface area contributed by atoms with Gasteiger partial charge >= 0.3 is 0 Å². The second-order valence-electron chi connectivity index (χ2n) is 5.64. The minimum atomic E-state index is -0.0874. The quantitative estimate of drug-likeness (QED) is 0.686. The zero-order valence-electron chi connectivity index (χ0n) is 13.7. The molecule has 0 aliphatic heterocycles. The third-order valence-corrected chi connectivity index (χ3v) is 4.00. The van der Waals surface area contributed by atoms with Crippen LogP contribution in [0.4, 0.5) is 5.69 Å². The van der Waals surface area contributed by atoms with Crippen molar-refractivity contribution in [2.75, 3.05) is 5.32 Å². The first-order chi connectivity index (χ1) is 11.6.